The Morgan fingerprint density at radius 2 is 1.73 bits per heavy atom. The average Bonchev–Trinajstić information content (AvgIpc) is 2.97. The van der Waals surface area contributed by atoms with Crippen LogP contribution in [0.4, 0.5) is 5.13 Å². The maximum absolute atomic E-state index is 5.82. The summed E-state index contributed by atoms with van der Waals surface area (Å²) in [6, 6.07) is 18.0. The summed E-state index contributed by atoms with van der Waals surface area (Å²) >= 11 is 1.60. The first-order chi connectivity index (χ1) is 12.4. The molecule has 0 saturated heterocycles. The van der Waals surface area contributed by atoms with E-state index < -0.39 is 0 Å². The van der Waals surface area contributed by atoms with Gasteiger partial charge in [0.1, 0.15) is 11.4 Å². The molecule has 2 aromatic carbocycles. The van der Waals surface area contributed by atoms with Gasteiger partial charge in [0.25, 0.3) is 0 Å². The SMILES string of the molecule is Cc1sc(N/N=C\c2ccc(OC(C)(C)C)cc2)nc1-c1ccccc1. The van der Waals surface area contributed by atoms with Gasteiger partial charge in [-0.1, -0.05) is 30.3 Å². The number of hydrogen-bond acceptors (Lipinski definition) is 5. The number of nitrogens with zero attached hydrogens (tertiary/aromatic N) is 2. The Hall–Kier alpha value is -2.66. The van der Waals surface area contributed by atoms with Crippen molar-refractivity contribution in [3.05, 3.63) is 65.0 Å². The number of ether oxygens (including phenoxy) is 1. The van der Waals surface area contributed by atoms with E-state index in [0.29, 0.717) is 0 Å². The van der Waals surface area contributed by atoms with Gasteiger partial charge in [0.2, 0.25) is 5.13 Å². The summed E-state index contributed by atoms with van der Waals surface area (Å²) in [5.74, 6) is 0.852. The van der Waals surface area contributed by atoms with Crippen molar-refractivity contribution in [3.63, 3.8) is 0 Å². The number of benzene rings is 2. The Labute approximate surface area is 158 Å². The Morgan fingerprint density at radius 3 is 2.38 bits per heavy atom. The largest absolute Gasteiger partial charge is 0.488 e. The second-order valence-corrected chi connectivity index (χ2v) is 8.15. The molecule has 1 aromatic heterocycles. The van der Waals surface area contributed by atoms with Crippen molar-refractivity contribution in [2.45, 2.75) is 33.3 Å². The number of aromatic nitrogens is 1. The molecule has 1 N–H and O–H groups in total. The van der Waals surface area contributed by atoms with Gasteiger partial charge < -0.3 is 4.74 Å². The predicted octanol–water partition coefficient (Wildman–Crippen LogP) is 5.74. The molecule has 3 aromatic rings. The van der Waals surface area contributed by atoms with Crippen LogP contribution in [0.3, 0.4) is 0 Å². The van der Waals surface area contributed by atoms with Gasteiger partial charge in [-0.15, -0.1) is 11.3 Å². The van der Waals surface area contributed by atoms with E-state index in [-0.39, 0.29) is 5.60 Å². The van der Waals surface area contributed by atoms with E-state index in [4.69, 9.17) is 4.74 Å². The summed E-state index contributed by atoms with van der Waals surface area (Å²) in [7, 11) is 0. The maximum Gasteiger partial charge on any atom is 0.204 e. The monoisotopic (exact) mass is 365 g/mol. The molecule has 0 aliphatic carbocycles. The number of hydrogen-bond donors (Lipinski definition) is 1. The van der Waals surface area contributed by atoms with Crippen LogP contribution >= 0.6 is 11.3 Å². The molecule has 0 aliphatic heterocycles. The lowest BCUT2D eigenvalue weighted by molar-refractivity contribution is 0.131. The topological polar surface area (TPSA) is 46.5 Å². The van der Waals surface area contributed by atoms with Crippen LogP contribution in [0.2, 0.25) is 0 Å². The lowest BCUT2D eigenvalue weighted by Crippen LogP contribution is -2.22. The Bertz CT molecular complexity index is 878. The van der Waals surface area contributed by atoms with Gasteiger partial charge in [0.15, 0.2) is 0 Å². The van der Waals surface area contributed by atoms with Crippen molar-refractivity contribution in [1.29, 1.82) is 0 Å². The second kappa shape index (κ2) is 7.70. The molecule has 134 valence electrons. The highest BCUT2D eigenvalue weighted by molar-refractivity contribution is 7.15. The number of rotatable bonds is 5. The van der Waals surface area contributed by atoms with Crippen LogP contribution in [0, 0.1) is 6.92 Å². The van der Waals surface area contributed by atoms with Crippen LogP contribution in [0.1, 0.15) is 31.2 Å². The van der Waals surface area contributed by atoms with Crippen molar-refractivity contribution in [3.8, 4) is 17.0 Å². The average molecular weight is 366 g/mol. The number of aryl methyl sites for hydroxylation is 1. The van der Waals surface area contributed by atoms with Gasteiger partial charge in [0.05, 0.1) is 11.9 Å². The summed E-state index contributed by atoms with van der Waals surface area (Å²) < 4.78 is 5.82. The molecule has 0 fully saturated rings. The fourth-order valence-corrected chi connectivity index (χ4v) is 3.23. The highest BCUT2D eigenvalue weighted by Crippen LogP contribution is 2.30. The molecule has 3 rings (SSSR count). The quantitative estimate of drug-likeness (QED) is 0.463. The van der Waals surface area contributed by atoms with Crippen LogP contribution < -0.4 is 10.2 Å². The third-order valence-corrected chi connectivity index (χ3v) is 4.40. The highest BCUT2D eigenvalue weighted by Gasteiger charge is 2.11. The number of hydrazone groups is 1. The molecule has 0 radical (unpaired) electrons. The molecule has 5 heteroatoms. The molecular formula is C21H23N3OS. The summed E-state index contributed by atoms with van der Waals surface area (Å²) in [5.41, 5.74) is 5.94. The third-order valence-electron chi connectivity index (χ3n) is 3.52. The van der Waals surface area contributed by atoms with E-state index in [1.54, 1.807) is 17.6 Å². The zero-order valence-electron chi connectivity index (χ0n) is 15.5. The van der Waals surface area contributed by atoms with Crippen molar-refractivity contribution < 1.29 is 4.74 Å². The molecule has 0 amide bonds. The van der Waals surface area contributed by atoms with E-state index in [1.807, 2.05) is 63.2 Å². The van der Waals surface area contributed by atoms with Crippen molar-refractivity contribution in [2.24, 2.45) is 5.10 Å². The Morgan fingerprint density at radius 1 is 1.04 bits per heavy atom. The van der Waals surface area contributed by atoms with E-state index in [0.717, 1.165) is 32.6 Å². The maximum atomic E-state index is 5.82. The zero-order valence-corrected chi connectivity index (χ0v) is 16.3. The minimum atomic E-state index is -0.198. The lowest BCUT2D eigenvalue weighted by Gasteiger charge is -2.21. The number of thiazole rings is 1. The summed E-state index contributed by atoms with van der Waals surface area (Å²) in [5, 5.41) is 5.08. The van der Waals surface area contributed by atoms with Crippen molar-refractivity contribution >= 4 is 22.7 Å². The van der Waals surface area contributed by atoms with Gasteiger partial charge in [0, 0.05) is 10.4 Å². The Balaban J connectivity index is 1.64. The predicted molar refractivity (Wildman–Crippen MR) is 110 cm³/mol. The molecule has 0 atom stereocenters. The van der Waals surface area contributed by atoms with Gasteiger partial charge in [-0.05, 0) is 57.5 Å². The van der Waals surface area contributed by atoms with Crippen LogP contribution in [-0.2, 0) is 0 Å². The van der Waals surface area contributed by atoms with Crippen molar-refractivity contribution in [1.82, 2.24) is 4.98 Å². The van der Waals surface area contributed by atoms with E-state index in [9.17, 15) is 0 Å². The molecule has 1 heterocycles. The first kappa shape index (κ1) is 18.1. The molecule has 0 bridgehead atoms. The van der Waals surface area contributed by atoms with E-state index in [2.05, 4.69) is 34.6 Å². The summed E-state index contributed by atoms with van der Waals surface area (Å²) in [6.45, 7) is 8.17. The normalized spacial score (nSPS) is 11.7. The van der Waals surface area contributed by atoms with E-state index >= 15 is 0 Å². The summed E-state index contributed by atoms with van der Waals surface area (Å²) in [6.07, 6.45) is 1.78. The van der Waals surface area contributed by atoms with Crippen LogP contribution in [-0.4, -0.2) is 16.8 Å². The van der Waals surface area contributed by atoms with Gasteiger partial charge in [-0.2, -0.15) is 5.10 Å². The molecule has 0 spiro atoms. The minimum Gasteiger partial charge on any atom is -0.488 e. The van der Waals surface area contributed by atoms with Crippen LogP contribution in [0.25, 0.3) is 11.3 Å². The highest BCUT2D eigenvalue weighted by atomic mass is 32.1. The molecule has 0 aliphatic rings. The molecule has 4 nitrogen and oxygen atoms in total. The standard InChI is InChI=1S/C21H23N3OS/c1-15-19(17-8-6-5-7-9-17)23-20(26-15)24-22-14-16-10-12-18(13-11-16)25-21(2,3)4/h5-14H,1-4H3,(H,23,24)/b22-14-. The fourth-order valence-electron chi connectivity index (χ4n) is 2.45. The first-order valence-electron chi connectivity index (χ1n) is 8.52. The first-order valence-corrected chi connectivity index (χ1v) is 9.33. The molecule has 26 heavy (non-hydrogen) atoms. The van der Waals surface area contributed by atoms with Crippen LogP contribution in [0.5, 0.6) is 5.75 Å². The number of anilines is 1. The molecule has 0 saturated carbocycles. The zero-order chi connectivity index (χ0) is 18.6. The smallest absolute Gasteiger partial charge is 0.204 e. The lowest BCUT2D eigenvalue weighted by atomic mass is 10.1. The fraction of sp³-hybridized carbons (Fsp3) is 0.238. The Kier molecular flexibility index (Phi) is 5.38. The van der Waals surface area contributed by atoms with Gasteiger partial charge in [-0.3, -0.25) is 5.43 Å². The minimum absolute atomic E-state index is 0.198. The number of nitrogens with one attached hydrogen (secondary N) is 1. The third kappa shape index (κ3) is 4.92. The van der Waals surface area contributed by atoms with Crippen molar-refractivity contribution in [2.75, 3.05) is 5.43 Å². The molecule has 0 unspecified atom stereocenters. The molecular weight excluding hydrogens is 342 g/mol. The van der Waals surface area contributed by atoms with E-state index in [1.165, 1.54) is 0 Å². The van der Waals surface area contributed by atoms with Gasteiger partial charge in [-0.25, -0.2) is 4.98 Å². The van der Waals surface area contributed by atoms with Gasteiger partial charge >= 0.3 is 0 Å². The summed E-state index contributed by atoms with van der Waals surface area (Å²) in [4.78, 5) is 5.80. The second-order valence-electron chi connectivity index (χ2n) is 6.94. The van der Waals surface area contributed by atoms with Crippen LogP contribution in [0.15, 0.2) is 59.7 Å².